The van der Waals surface area contributed by atoms with Crippen LogP contribution in [0.15, 0.2) is 0 Å². The van der Waals surface area contributed by atoms with Crippen LogP contribution in [0.1, 0.15) is 19.3 Å². The van der Waals surface area contributed by atoms with Crippen molar-refractivity contribution in [3.8, 4) is 0 Å². The highest BCUT2D eigenvalue weighted by molar-refractivity contribution is 5.67. The first-order valence-electron chi connectivity index (χ1n) is 4.92. The number of aliphatic hydroxyl groups excluding tert-OH is 2. The molecular formula is C9H17NO4. The molecule has 0 aromatic heterocycles. The Morgan fingerprint density at radius 2 is 2.29 bits per heavy atom. The van der Waals surface area contributed by atoms with Gasteiger partial charge in [-0.1, -0.05) is 0 Å². The molecule has 0 spiro atoms. The van der Waals surface area contributed by atoms with Gasteiger partial charge in [0.15, 0.2) is 0 Å². The number of carbonyl (C=O) groups is 1. The highest BCUT2D eigenvalue weighted by Gasteiger charge is 2.22. The Kier molecular flexibility index (Phi) is 4.69. The zero-order valence-electron chi connectivity index (χ0n) is 8.11. The number of hydrogen-bond acceptors (Lipinski definition) is 4. The second-order valence-corrected chi connectivity index (χ2v) is 3.57. The summed E-state index contributed by atoms with van der Waals surface area (Å²) in [5.41, 5.74) is 0. The van der Waals surface area contributed by atoms with Gasteiger partial charge in [-0.2, -0.15) is 0 Å². The molecule has 0 aliphatic heterocycles. The molecule has 5 nitrogen and oxygen atoms in total. The van der Waals surface area contributed by atoms with Gasteiger partial charge in [-0.15, -0.1) is 0 Å². The summed E-state index contributed by atoms with van der Waals surface area (Å²) < 4.78 is 4.62. The third-order valence-electron chi connectivity index (χ3n) is 2.37. The molecule has 1 aliphatic carbocycles. The summed E-state index contributed by atoms with van der Waals surface area (Å²) in [7, 11) is 0. The molecule has 0 saturated heterocycles. The van der Waals surface area contributed by atoms with Gasteiger partial charge in [-0.25, -0.2) is 4.79 Å². The van der Waals surface area contributed by atoms with Gasteiger partial charge < -0.3 is 20.3 Å². The summed E-state index contributed by atoms with van der Waals surface area (Å²) in [5, 5.41) is 20.2. The molecule has 14 heavy (non-hydrogen) atoms. The van der Waals surface area contributed by atoms with Gasteiger partial charge in [0.05, 0.1) is 12.7 Å². The first kappa shape index (κ1) is 11.3. The van der Waals surface area contributed by atoms with E-state index in [4.69, 9.17) is 5.11 Å². The van der Waals surface area contributed by atoms with E-state index < -0.39 is 6.09 Å². The number of rotatable bonds is 4. The quantitative estimate of drug-likeness (QED) is 0.594. The van der Waals surface area contributed by atoms with E-state index in [9.17, 15) is 9.90 Å². The number of alkyl carbamates (subject to hydrolysis) is 1. The first-order valence-corrected chi connectivity index (χ1v) is 4.92. The summed E-state index contributed by atoms with van der Waals surface area (Å²) in [5.74, 6) is 0.353. The van der Waals surface area contributed by atoms with Crippen molar-refractivity contribution in [2.24, 2.45) is 5.92 Å². The van der Waals surface area contributed by atoms with Gasteiger partial charge in [0.1, 0.15) is 6.61 Å². The molecule has 1 amide bonds. The second-order valence-electron chi connectivity index (χ2n) is 3.57. The fourth-order valence-electron chi connectivity index (χ4n) is 1.65. The van der Waals surface area contributed by atoms with Crippen LogP contribution in [0.25, 0.3) is 0 Å². The second kappa shape index (κ2) is 5.82. The lowest BCUT2D eigenvalue weighted by Crippen LogP contribution is -2.29. The smallest absolute Gasteiger partial charge is 0.407 e. The summed E-state index contributed by atoms with van der Waals surface area (Å²) in [4.78, 5) is 10.9. The van der Waals surface area contributed by atoms with E-state index in [0.717, 1.165) is 19.3 Å². The SMILES string of the molecule is O=C(NCC1CCC(O)C1)OCCO. The van der Waals surface area contributed by atoms with Crippen molar-refractivity contribution in [3.63, 3.8) is 0 Å². The summed E-state index contributed by atoms with van der Waals surface area (Å²) in [6, 6.07) is 0. The maximum atomic E-state index is 10.9. The van der Waals surface area contributed by atoms with Crippen LogP contribution in [0.5, 0.6) is 0 Å². The Bertz CT molecular complexity index is 186. The fraction of sp³-hybridized carbons (Fsp3) is 0.889. The van der Waals surface area contributed by atoms with Gasteiger partial charge in [0.2, 0.25) is 0 Å². The van der Waals surface area contributed by atoms with Crippen LogP contribution in [0.3, 0.4) is 0 Å². The van der Waals surface area contributed by atoms with E-state index in [-0.39, 0.29) is 19.3 Å². The maximum Gasteiger partial charge on any atom is 0.407 e. The Hall–Kier alpha value is -0.810. The van der Waals surface area contributed by atoms with E-state index in [2.05, 4.69) is 10.1 Å². The normalized spacial score (nSPS) is 26.1. The molecule has 1 aliphatic rings. The van der Waals surface area contributed by atoms with Crippen molar-refractivity contribution >= 4 is 6.09 Å². The van der Waals surface area contributed by atoms with E-state index in [1.807, 2.05) is 0 Å². The minimum Gasteiger partial charge on any atom is -0.447 e. The Labute approximate surface area is 83.1 Å². The number of amides is 1. The molecular weight excluding hydrogens is 186 g/mol. The zero-order chi connectivity index (χ0) is 10.4. The predicted molar refractivity (Wildman–Crippen MR) is 49.8 cm³/mol. The van der Waals surface area contributed by atoms with Gasteiger partial charge in [0.25, 0.3) is 0 Å². The average molecular weight is 203 g/mol. The van der Waals surface area contributed by atoms with Crippen molar-refractivity contribution in [2.45, 2.75) is 25.4 Å². The molecule has 82 valence electrons. The van der Waals surface area contributed by atoms with Crippen molar-refractivity contribution in [3.05, 3.63) is 0 Å². The highest BCUT2D eigenvalue weighted by atomic mass is 16.6. The molecule has 2 unspecified atom stereocenters. The van der Waals surface area contributed by atoms with Crippen molar-refractivity contribution in [1.29, 1.82) is 0 Å². The number of carbonyl (C=O) groups excluding carboxylic acids is 1. The zero-order valence-corrected chi connectivity index (χ0v) is 8.11. The first-order chi connectivity index (χ1) is 6.72. The third kappa shape index (κ3) is 3.93. The third-order valence-corrected chi connectivity index (χ3v) is 2.37. The molecule has 0 radical (unpaired) electrons. The van der Waals surface area contributed by atoms with Gasteiger partial charge in [-0.3, -0.25) is 0 Å². The van der Waals surface area contributed by atoms with Crippen molar-refractivity contribution in [1.82, 2.24) is 5.32 Å². The standard InChI is InChI=1S/C9H17NO4/c11-3-4-14-9(13)10-6-7-1-2-8(12)5-7/h7-8,11-12H,1-6H2,(H,10,13). The lowest BCUT2D eigenvalue weighted by molar-refractivity contribution is 0.117. The predicted octanol–water partition coefficient (Wildman–Crippen LogP) is -0.134. The number of aliphatic hydroxyl groups is 2. The minimum atomic E-state index is -0.500. The van der Waals surface area contributed by atoms with Crippen LogP contribution < -0.4 is 5.32 Å². The van der Waals surface area contributed by atoms with Gasteiger partial charge in [-0.05, 0) is 25.2 Å². The molecule has 2 atom stereocenters. The van der Waals surface area contributed by atoms with Crippen LogP contribution in [0, 0.1) is 5.92 Å². The van der Waals surface area contributed by atoms with E-state index in [1.165, 1.54) is 0 Å². The lowest BCUT2D eigenvalue weighted by atomic mass is 10.1. The summed E-state index contributed by atoms with van der Waals surface area (Å²) in [6.07, 6.45) is 1.80. The summed E-state index contributed by atoms with van der Waals surface area (Å²) >= 11 is 0. The van der Waals surface area contributed by atoms with Crippen LogP contribution >= 0.6 is 0 Å². The maximum absolute atomic E-state index is 10.9. The van der Waals surface area contributed by atoms with Crippen LogP contribution in [0.2, 0.25) is 0 Å². The fourth-order valence-corrected chi connectivity index (χ4v) is 1.65. The van der Waals surface area contributed by atoms with Gasteiger partial charge >= 0.3 is 6.09 Å². The van der Waals surface area contributed by atoms with E-state index in [0.29, 0.717) is 12.5 Å². The summed E-state index contributed by atoms with van der Waals surface area (Å²) in [6.45, 7) is 0.413. The largest absolute Gasteiger partial charge is 0.447 e. The van der Waals surface area contributed by atoms with E-state index in [1.54, 1.807) is 0 Å². The molecule has 0 heterocycles. The van der Waals surface area contributed by atoms with Crippen LogP contribution in [0.4, 0.5) is 4.79 Å². The number of ether oxygens (including phenoxy) is 1. The molecule has 1 fully saturated rings. The molecule has 0 aromatic rings. The highest BCUT2D eigenvalue weighted by Crippen LogP contribution is 2.24. The number of nitrogens with one attached hydrogen (secondary N) is 1. The molecule has 3 N–H and O–H groups in total. The lowest BCUT2D eigenvalue weighted by Gasteiger charge is -2.10. The van der Waals surface area contributed by atoms with Crippen molar-refractivity contribution in [2.75, 3.05) is 19.8 Å². The molecule has 0 bridgehead atoms. The average Bonchev–Trinajstić information content (AvgIpc) is 2.58. The minimum absolute atomic E-state index is 0.0269. The molecule has 1 saturated carbocycles. The molecule has 1 rings (SSSR count). The Balaban J connectivity index is 2.05. The Morgan fingerprint density at radius 1 is 1.50 bits per heavy atom. The van der Waals surface area contributed by atoms with Crippen LogP contribution in [-0.2, 0) is 4.74 Å². The number of hydrogen-bond donors (Lipinski definition) is 3. The Morgan fingerprint density at radius 3 is 2.86 bits per heavy atom. The molecule has 0 aromatic carbocycles. The van der Waals surface area contributed by atoms with Gasteiger partial charge in [0, 0.05) is 6.54 Å². The monoisotopic (exact) mass is 203 g/mol. The molecule has 5 heteroatoms. The van der Waals surface area contributed by atoms with Crippen LogP contribution in [-0.4, -0.2) is 42.2 Å². The van der Waals surface area contributed by atoms with Crippen molar-refractivity contribution < 1.29 is 19.7 Å². The van der Waals surface area contributed by atoms with E-state index >= 15 is 0 Å². The topological polar surface area (TPSA) is 78.8 Å².